The average Bonchev–Trinajstić information content (AvgIpc) is 2.55. The van der Waals surface area contributed by atoms with E-state index in [0.29, 0.717) is 6.04 Å². The Hall–Kier alpha value is -1.80. The van der Waals surface area contributed by atoms with Crippen LogP contribution in [0.2, 0.25) is 0 Å². The van der Waals surface area contributed by atoms with E-state index in [1.54, 1.807) is 7.11 Å². The first-order valence-electron chi connectivity index (χ1n) is 7.71. The van der Waals surface area contributed by atoms with E-state index in [1.807, 2.05) is 12.1 Å². The second kappa shape index (κ2) is 8.48. The van der Waals surface area contributed by atoms with E-state index in [-0.39, 0.29) is 0 Å². The van der Waals surface area contributed by atoms with Crippen LogP contribution in [0.25, 0.3) is 0 Å². The first-order valence-corrected chi connectivity index (χ1v) is 7.71. The van der Waals surface area contributed by atoms with Crippen molar-refractivity contribution in [2.75, 3.05) is 13.7 Å². The number of hydrogen-bond donors (Lipinski definition) is 1. The Labute approximate surface area is 128 Å². The molecule has 21 heavy (non-hydrogen) atoms. The lowest BCUT2D eigenvalue weighted by molar-refractivity contribution is 0.414. The second-order valence-corrected chi connectivity index (χ2v) is 5.39. The highest BCUT2D eigenvalue weighted by atomic mass is 16.5. The lowest BCUT2D eigenvalue weighted by atomic mass is 10.1. The number of nitrogens with one attached hydrogen (secondary N) is 1. The van der Waals surface area contributed by atoms with Gasteiger partial charge in [0.1, 0.15) is 5.75 Å². The van der Waals surface area contributed by atoms with Crippen molar-refractivity contribution in [2.24, 2.45) is 0 Å². The van der Waals surface area contributed by atoms with Crippen molar-refractivity contribution in [2.45, 2.75) is 32.2 Å². The molecule has 0 aliphatic heterocycles. The molecule has 1 atom stereocenters. The molecule has 0 saturated heterocycles. The van der Waals surface area contributed by atoms with Crippen LogP contribution in [-0.4, -0.2) is 13.7 Å². The van der Waals surface area contributed by atoms with Gasteiger partial charge in [0.15, 0.2) is 0 Å². The van der Waals surface area contributed by atoms with Gasteiger partial charge in [-0.2, -0.15) is 0 Å². The number of aryl methyl sites for hydroxylation is 1. The predicted molar refractivity (Wildman–Crippen MR) is 88.8 cm³/mol. The lowest BCUT2D eigenvalue weighted by Gasteiger charge is -2.14. The summed E-state index contributed by atoms with van der Waals surface area (Å²) in [6.45, 7) is 3.26. The Morgan fingerprint density at radius 3 is 2.33 bits per heavy atom. The molecule has 2 aromatic rings. The Balaban J connectivity index is 1.65. The van der Waals surface area contributed by atoms with E-state index in [9.17, 15) is 0 Å². The molecule has 2 aromatic carbocycles. The first kappa shape index (κ1) is 15.6. The monoisotopic (exact) mass is 283 g/mol. The Morgan fingerprint density at radius 1 is 0.952 bits per heavy atom. The number of unbranched alkanes of at least 4 members (excludes halogenated alkanes) is 1. The molecule has 2 nitrogen and oxygen atoms in total. The summed E-state index contributed by atoms with van der Waals surface area (Å²) < 4.78 is 5.18. The van der Waals surface area contributed by atoms with Crippen LogP contribution in [0.15, 0.2) is 54.6 Å². The van der Waals surface area contributed by atoms with Gasteiger partial charge >= 0.3 is 0 Å². The highest BCUT2D eigenvalue weighted by Crippen LogP contribution is 2.17. The van der Waals surface area contributed by atoms with Gasteiger partial charge in [-0.1, -0.05) is 42.5 Å². The maximum absolute atomic E-state index is 5.18. The average molecular weight is 283 g/mol. The summed E-state index contributed by atoms with van der Waals surface area (Å²) in [6.07, 6.45) is 3.60. The van der Waals surface area contributed by atoms with E-state index >= 15 is 0 Å². The SMILES string of the molecule is COc1ccc(C(C)NCCCCc2ccccc2)cc1. The van der Waals surface area contributed by atoms with Gasteiger partial charge < -0.3 is 10.1 Å². The van der Waals surface area contributed by atoms with Gasteiger partial charge in [0.2, 0.25) is 0 Å². The highest BCUT2D eigenvalue weighted by Gasteiger charge is 2.04. The molecule has 1 N–H and O–H groups in total. The molecule has 0 aliphatic carbocycles. The van der Waals surface area contributed by atoms with Crippen molar-refractivity contribution >= 4 is 0 Å². The van der Waals surface area contributed by atoms with Crippen molar-refractivity contribution < 1.29 is 4.74 Å². The summed E-state index contributed by atoms with van der Waals surface area (Å²) in [5.74, 6) is 0.911. The number of rotatable bonds is 8. The van der Waals surface area contributed by atoms with E-state index in [1.165, 1.54) is 30.4 Å². The number of benzene rings is 2. The zero-order chi connectivity index (χ0) is 14.9. The Morgan fingerprint density at radius 2 is 1.67 bits per heavy atom. The second-order valence-electron chi connectivity index (χ2n) is 5.39. The summed E-state index contributed by atoms with van der Waals surface area (Å²) >= 11 is 0. The van der Waals surface area contributed by atoms with Crippen LogP contribution < -0.4 is 10.1 Å². The summed E-state index contributed by atoms with van der Waals surface area (Å²) in [6, 6.07) is 19.4. The van der Waals surface area contributed by atoms with Crippen molar-refractivity contribution in [1.82, 2.24) is 5.32 Å². The van der Waals surface area contributed by atoms with Gasteiger partial charge in [0.25, 0.3) is 0 Å². The van der Waals surface area contributed by atoms with Gasteiger partial charge in [0, 0.05) is 6.04 Å². The topological polar surface area (TPSA) is 21.3 Å². The number of hydrogen-bond acceptors (Lipinski definition) is 2. The smallest absolute Gasteiger partial charge is 0.118 e. The molecule has 0 aromatic heterocycles. The van der Waals surface area contributed by atoms with Gasteiger partial charge in [-0.15, -0.1) is 0 Å². The maximum atomic E-state index is 5.18. The fraction of sp³-hybridized carbons (Fsp3) is 0.368. The molecule has 0 fully saturated rings. The van der Waals surface area contributed by atoms with Crippen LogP contribution in [-0.2, 0) is 6.42 Å². The first-order chi connectivity index (χ1) is 10.3. The van der Waals surface area contributed by atoms with Gasteiger partial charge in [-0.05, 0) is 56.0 Å². The molecule has 0 amide bonds. The summed E-state index contributed by atoms with van der Waals surface area (Å²) in [7, 11) is 1.70. The molecule has 0 aliphatic rings. The van der Waals surface area contributed by atoms with E-state index in [4.69, 9.17) is 4.74 Å². The lowest BCUT2D eigenvalue weighted by Crippen LogP contribution is -2.19. The third-order valence-corrected chi connectivity index (χ3v) is 3.80. The Kier molecular flexibility index (Phi) is 6.29. The standard InChI is InChI=1S/C19H25NO/c1-16(18-11-13-19(21-2)14-12-18)20-15-7-6-10-17-8-4-3-5-9-17/h3-5,8-9,11-14,16,20H,6-7,10,15H2,1-2H3. The van der Waals surface area contributed by atoms with E-state index in [0.717, 1.165) is 12.3 Å². The molecule has 0 saturated carbocycles. The molecule has 2 rings (SSSR count). The molecule has 0 bridgehead atoms. The minimum atomic E-state index is 0.382. The Bertz CT molecular complexity index is 507. The maximum Gasteiger partial charge on any atom is 0.118 e. The minimum absolute atomic E-state index is 0.382. The fourth-order valence-corrected chi connectivity index (χ4v) is 2.43. The predicted octanol–water partition coefficient (Wildman–Crippen LogP) is 4.37. The molecular weight excluding hydrogens is 258 g/mol. The van der Waals surface area contributed by atoms with Gasteiger partial charge in [-0.3, -0.25) is 0 Å². The summed E-state index contributed by atoms with van der Waals surface area (Å²) in [5, 5.41) is 3.58. The van der Waals surface area contributed by atoms with Crippen molar-refractivity contribution in [3.8, 4) is 5.75 Å². The van der Waals surface area contributed by atoms with Crippen LogP contribution in [0.5, 0.6) is 5.75 Å². The zero-order valence-corrected chi connectivity index (χ0v) is 13.0. The third kappa shape index (κ3) is 5.24. The number of methoxy groups -OCH3 is 1. The highest BCUT2D eigenvalue weighted by molar-refractivity contribution is 5.28. The largest absolute Gasteiger partial charge is 0.497 e. The molecular formula is C19H25NO. The van der Waals surface area contributed by atoms with Crippen LogP contribution in [0, 0.1) is 0 Å². The fourth-order valence-electron chi connectivity index (χ4n) is 2.43. The third-order valence-electron chi connectivity index (χ3n) is 3.80. The van der Waals surface area contributed by atoms with Crippen molar-refractivity contribution in [3.63, 3.8) is 0 Å². The molecule has 0 spiro atoms. The summed E-state index contributed by atoms with van der Waals surface area (Å²) in [5.41, 5.74) is 2.74. The van der Waals surface area contributed by atoms with Crippen LogP contribution in [0.4, 0.5) is 0 Å². The molecule has 112 valence electrons. The van der Waals surface area contributed by atoms with Gasteiger partial charge in [-0.25, -0.2) is 0 Å². The van der Waals surface area contributed by atoms with Crippen molar-refractivity contribution in [3.05, 3.63) is 65.7 Å². The van der Waals surface area contributed by atoms with Crippen LogP contribution in [0.3, 0.4) is 0 Å². The van der Waals surface area contributed by atoms with Crippen LogP contribution in [0.1, 0.15) is 36.9 Å². The van der Waals surface area contributed by atoms with E-state index < -0.39 is 0 Å². The number of ether oxygens (including phenoxy) is 1. The van der Waals surface area contributed by atoms with Crippen LogP contribution >= 0.6 is 0 Å². The molecule has 0 radical (unpaired) electrons. The molecule has 1 unspecified atom stereocenters. The van der Waals surface area contributed by atoms with Gasteiger partial charge in [0.05, 0.1) is 7.11 Å². The molecule has 0 heterocycles. The van der Waals surface area contributed by atoms with Crippen molar-refractivity contribution in [1.29, 1.82) is 0 Å². The molecule has 2 heteroatoms. The quantitative estimate of drug-likeness (QED) is 0.726. The summed E-state index contributed by atoms with van der Waals surface area (Å²) in [4.78, 5) is 0. The minimum Gasteiger partial charge on any atom is -0.497 e. The normalized spacial score (nSPS) is 12.1. The van der Waals surface area contributed by atoms with E-state index in [2.05, 4.69) is 54.7 Å². The zero-order valence-electron chi connectivity index (χ0n) is 13.0.